The van der Waals surface area contributed by atoms with Crippen LogP contribution in [0.15, 0.2) is 25.3 Å². The molecule has 56 heteroatoms. The second kappa shape index (κ2) is 46.4. The van der Waals surface area contributed by atoms with Crippen LogP contribution in [0.3, 0.4) is 0 Å². The molecule has 4 unspecified atom stereocenters. The quantitative estimate of drug-likeness (QED) is 0.0136. The number of ether oxygens (including phenoxy) is 4. The minimum Gasteiger partial charge on any atom is -0.790 e. The summed E-state index contributed by atoms with van der Waals surface area (Å²) in [6.07, 6.45) is -3.95. The summed E-state index contributed by atoms with van der Waals surface area (Å²) < 4.78 is 114. The van der Waals surface area contributed by atoms with Gasteiger partial charge in [0, 0.05) is 13.1 Å². The van der Waals surface area contributed by atoms with Crippen molar-refractivity contribution in [3.05, 3.63) is 25.3 Å². The van der Waals surface area contributed by atoms with E-state index in [0.717, 1.165) is 51.2 Å². The predicted octanol–water partition coefficient (Wildman–Crippen LogP) is -29.8. The molecule has 12 atom stereocenters. The summed E-state index contributed by atoms with van der Waals surface area (Å²) in [6.45, 7) is -0.745. The molecule has 2 amide bonds. The molecular formula is C34H52N14Na8O28P6. The number of carbonyl (C=O) groups is 2. The molecule has 0 aliphatic carbocycles. The molecule has 90 heavy (non-hydrogen) atoms. The Hall–Kier alpha value is 3.82. The largest absolute Gasteiger partial charge is 1.00 e. The molecule has 6 rings (SSSR count). The average Bonchev–Trinajstić information content (AvgIpc) is 1.69. The van der Waals surface area contributed by atoms with Crippen molar-refractivity contribution in [2.75, 3.05) is 50.9 Å². The first-order valence-corrected chi connectivity index (χ1v) is 32.3. The molecule has 2 aliphatic rings. The van der Waals surface area contributed by atoms with E-state index in [2.05, 4.69) is 66.8 Å². The molecule has 0 bridgehead atoms. The van der Waals surface area contributed by atoms with Crippen LogP contribution in [0, 0.1) is 0 Å². The van der Waals surface area contributed by atoms with Crippen LogP contribution >= 0.6 is 46.9 Å². The molecule has 12 N–H and O–H groups in total. The van der Waals surface area contributed by atoms with Gasteiger partial charge in [0.1, 0.15) is 48.1 Å². The number of hydrogen-bond acceptors (Lipinski definition) is 38. The van der Waals surface area contributed by atoms with Crippen LogP contribution in [0.25, 0.3) is 22.3 Å². The molecule has 42 nitrogen and oxygen atoms in total. The first-order chi connectivity index (χ1) is 38.2. The van der Waals surface area contributed by atoms with Crippen LogP contribution < -0.4 is 309 Å². The van der Waals surface area contributed by atoms with Gasteiger partial charge in [0.05, 0.1) is 41.5 Å². The number of rotatable bonds is 30. The first kappa shape index (κ1) is 100. The number of aromatic nitrogens is 8. The Morgan fingerprint density at radius 3 is 1.27 bits per heavy atom. The summed E-state index contributed by atoms with van der Waals surface area (Å²) in [5, 5.41) is 26.8. The number of nitrogens with zero attached hydrogens (tertiary/aromatic N) is 8. The SMILES string of the molecule is NCCCCCCNC(=O)O[C@@H]1[C@H](O)[C@@H](COP(=O)([O-])OP(=O)([O-])OP(=O)([O-])[O-])O[C@H]1n1cnc2c(N)ncnc21.NCCCCCCNC(=O)O[C@H]1[C@@H](O)[C@H](n2cnc3c(N)ncnc32)O[C@@H]1COP(=O)([O-])OP(=O)([O-])OP(=O)([O-])[O-].[Na+].[Na+].[Na+].[Na+].[Na+].[Na+].[Na+].[Na+]. The number of anilines is 2. The Balaban J connectivity index is -0.000000755. The maximum Gasteiger partial charge on any atom is 1.00 e. The average molecular weight is 1470 g/mol. The number of phosphoric ester groups is 2. The number of imidazole rings is 2. The van der Waals surface area contributed by atoms with Gasteiger partial charge in [-0.2, -0.15) is 0 Å². The molecule has 2 fully saturated rings. The number of nitrogens with one attached hydrogen (secondary N) is 2. The van der Waals surface area contributed by atoms with E-state index in [-0.39, 0.29) is 284 Å². The van der Waals surface area contributed by atoms with Gasteiger partial charge in [0.2, 0.25) is 0 Å². The summed E-state index contributed by atoms with van der Waals surface area (Å²) in [4.78, 5) is 137. The Bertz CT molecular complexity index is 3120. The number of nitrogen functional groups attached to an aromatic ring is 2. The van der Waals surface area contributed by atoms with E-state index in [0.29, 0.717) is 25.9 Å². The zero-order valence-electron chi connectivity index (χ0n) is 49.9. The van der Waals surface area contributed by atoms with Crippen molar-refractivity contribution < 1.29 is 368 Å². The van der Waals surface area contributed by atoms with Crippen LogP contribution in [-0.2, 0) is 72.6 Å². The van der Waals surface area contributed by atoms with Gasteiger partial charge in [0.15, 0.2) is 47.6 Å². The van der Waals surface area contributed by atoms with Gasteiger partial charge < -0.3 is 120 Å². The van der Waals surface area contributed by atoms with Crippen molar-refractivity contribution in [1.82, 2.24) is 49.7 Å². The minimum atomic E-state index is -6.22. The van der Waals surface area contributed by atoms with Crippen molar-refractivity contribution >= 4 is 93.1 Å². The van der Waals surface area contributed by atoms with Crippen LogP contribution in [0.5, 0.6) is 0 Å². The fourth-order valence-electron chi connectivity index (χ4n) is 7.40. The molecule has 2 aliphatic heterocycles. The first-order valence-electron chi connectivity index (χ1n) is 23.5. The van der Waals surface area contributed by atoms with Gasteiger partial charge in [0.25, 0.3) is 31.3 Å². The normalized spacial score (nSPS) is 22.0. The third kappa shape index (κ3) is 33.7. The molecule has 2 saturated heterocycles. The minimum absolute atomic E-state index is 0. The fraction of sp³-hybridized carbons (Fsp3) is 0.647. The number of aliphatic hydroxyl groups is 2. The molecule has 4 aromatic heterocycles. The Morgan fingerprint density at radius 1 is 0.500 bits per heavy atom. The van der Waals surface area contributed by atoms with Gasteiger partial charge in [-0.15, -0.1) is 0 Å². The number of nitrogens with two attached hydrogens (primary N) is 4. The van der Waals surface area contributed by atoms with Crippen LogP contribution in [0.2, 0.25) is 0 Å². The molecule has 0 aromatic carbocycles. The van der Waals surface area contributed by atoms with Gasteiger partial charge in [-0.3, -0.25) is 36.0 Å². The van der Waals surface area contributed by atoms with Crippen LogP contribution in [0.4, 0.5) is 21.2 Å². The van der Waals surface area contributed by atoms with Gasteiger partial charge in [-0.1, -0.05) is 25.7 Å². The Morgan fingerprint density at radius 2 is 0.867 bits per heavy atom. The summed E-state index contributed by atoms with van der Waals surface area (Å²) in [6, 6.07) is 0. The summed E-state index contributed by atoms with van der Waals surface area (Å²) in [5.74, 6) is -0.0133. The predicted molar refractivity (Wildman–Crippen MR) is 253 cm³/mol. The van der Waals surface area contributed by atoms with E-state index in [1.165, 1.54) is 21.8 Å². The summed E-state index contributed by atoms with van der Waals surface area (Å²) >= 11 is 0. The van der Waals surface area contributed by atoms with Gasteiger partial charge >= 0.3 is 249 Å². The Kier molecular flexibility index (Phi) is 51.7. The standard InChI is InChI=1S/2C17H30N7O14P3.8Na/c18-5-3-1-2-4-6-20-17(26)36-13-10(7-34-40(30,31)38-41(32,33)37-39(27,28)29)35-16(12(13)25)24-9-23-11-14(19)21-8-22-15(11)24;18-5-3-1-2-4-6-20-17(26)36-13-12(25)10(7-34-40(30,31)38-41(32,33)37-39(27,28)29)35-16(13)24-9-23-11-14(19)21-8-22-15(11)24;;;;;;;;/h2*8-10,12-13,16,25H,1-7,18H2,(H,20,26)(H,30,31)(H,32,33)(H2,19,21,22)(H2,27,28,29);;;;;;;;/q;;8*+1/p-8/t2*10-,12-,13-,16-;;;;;;;;/m11......../s1. The van der Waals surface area contributed by atoms with Gasteiger partial charge in [-0.05, 0) is 38.8 Å². The molecule has 4 aromatic rings. The van der Waals surface area contributed by atoms with Crippen molar-refractivity contribution in [3.8, 4) is 0 Å². The molecule has 0 radical (unpaired) electrons. The number of carbonyl (C=O) groups excluding carboxylic acids is 2. The smallest absolute Gasteiger partial charge is 0.790 e. The number of fused-ring (bicyclic) bond motifs is 2. The monoisotopic (exact) mass is 1470 g/mol. The maximum atomic E-state index is 12.5. The van der Waals surface area contributed by atoms with E-state index in [4.69, 9.17) is 41.9 Å². The molecule has 0 saturated carbocycles. The zero-order valence-corrected chi connectivity index (χ0v) is 71.3. The van der Waals surface area contributed by atoms with E-state index in [1.54, 1.807) is 0 Å². The second-order valence-electron chi connectivity index (χ2n) is 16.9. The number of phosphoric acid groups is 6. The summed E-state index contributed by atoms with van der Waals surface area (Å²) in [5.41, 5.74) is 22.9. The number of alkyl carbamates (subject to hydrolysis) is 2. The van der Waals surface area contributed by atoms with Crippen LogP contribution in [0.1, 0.15) is 63.8 Å². The van der Waals surface area contributed by atoms with Crippen LogP contribution in [-0.4, -0.2) is 137 Å². The van der Waals surface area contributed by atoms with E-state index in [9.17, 15) is 86.3 Å². The molecule has 464 valence electrons. The van der Waals surface area contributed by atoms with E-state index >= 15 is 0 Å². The van der Waals surface area contributed by atoms with E-state index < -0.39 is 121 Å². The fourth-order valence-corrected chi connectivity index (χ4v) is 13.1. The second-order valence-corrected chi connectivity index (χ2v) is 25.4. The Labute approximate surface area is 688 Å². The maximum absolute atomic E-state index is 12.5. The molecular weight excluding hydrogens is 1420 g/mol. The summed E-state index contributed by atoms with van der Waals surface area (Å²) in [7, 11) is -36.6. The number of aliphatic hydroxyl groups excluding tert-OH is 2. The van der Waals surface area contributed by atoms with Crippen molar-refractivity contribution in [1.29, 1.82) is 0 Å². The topological polar surface area (TPSA) is 669 Å². The number of hydrogen-bond donors (Lipinski definition) is 8. The van der Waals surface area contributed by atoms with Gasteiger partial charge in [-0.25, -0.2) is 48.1 Å². The molecule has 6 heterocycles. The number of amides is 2. The number of unbranched alkanes of at least 4 members (excludes halogenated alkanes) is 6. The third-order valence-corrected chi connectivity index (χ3v) is 18.2. The zero-order chi connectivity index (χ0) is 60.8. The molecule has 0 spiro atoms. The van der Waals surface area contributed by atoms with E-state index in [1.807, 2.05) is 0 Å². The third-order valence-electron chi connectivity index (χ3n) is 10.8. The van der Waals surface area contributed by atoms with Crippen molar-refractivity contribution in [2.24, 2.45) is 11.5 Å². The van der Waals surface area contributed by atoms with Crippen molar-refractivity contribution in [3.63, 3.8) is 0 Å². The van der Waals surface area contributed by atoms with Crippen molar-refractivity contribution in [2.45, 2.75) is 100 Å².